The van der Waals surface area contributed by atoms with Gasteiger partial charge >= 0.3 is 0 Å². The van der Waals surface area contributed by atoms with Crippen molar-refractivity contribution >= 4 is 17.5 Å². The second-order valence-electron chi connectivity index (χ2n) is 5.07. The molecule has 24 heavy (non-hydrogen) atoms. The first kappa shape index (κ1) is 16.1. The number of hydrogen-bond donors (Lipinski definition) is 0. The highest BCUT2D eigenvalue weighted by atomic mass is 19.1. The summed E-state index contributed by atoms with van der Waals surface area (Å²) in [6.45, 7) is 0.135. The Hall–Kier alpha value is -2.80. The monoisotopic (exact) mass is 333 g/mol. The van der Waals surface area contributed by atoms with Crippen LogP contribution in [0.2, 0.25) is 0 Å². The van der Waals surface area contributed by atoms with Crippen LogP contribution in [0.15, 0.2) is 36.4 Å². The van der Waals surface area contributed by atoms with Gasteiger partial charge in [-0.2, -0.15) is 0 Å². The summed E-state index contributed by atoms with van der Waals surface area (Å²) >= 11 is 0. The summed E-state index contributed by atoms with van der Waals surface area (Å²) < 4.78 is 38.0. The standard InChI is InChI=1S/C17H13F2NO4/c1-23-6-7-24-15-13(18)8-10(9-14(15)19)20-16(21)11-4-2-3-5-12(11)17(20)22/h2-5,8-9H,6-7H2,1H3. The molecule has 2 aromatic carbocycles. The number of imide groups is 1. The number of fused-ring (bicyclic) bond motifs is 1. The van der Waals surface area contributed by atoms with Gasteiger partial charge in [-0.25, -0.2) is 13.7 Å². The van der Waals surface area contributed by atoms with Crippen LogP contribution < -0.4 is 9.64 Å². The van der Waals surface area contributed by atoms with Gasteiger partial charge in [0.2, 0.25) is 0 Å². The number of amides is 2. The average Bonchev–Trinajstić information content (AvgIpc) is 2.82. The van der Waals surface area contributed by atoms with Crippen LogP contribution in [-0.2, 0) is 4.74 Å². The average molecular weight is 333 g/mol. The molecule has 1 heterocycles. The van der Waals surface area contributed by atoms with Gasteiger partial charge in [0.15, 0.2) is 17.4 Å². The van der Waals surface area contributed by atoms with Crippen molar-refractivity contribution in [2.75, 3.05) is 25.2 Å². The van der Waals surface area contributed by atoms with Crippen molar-refractivity contribution in [1.82, 2.24) is 0 Å². The lowest BCUT2D eigenvalue weighted by Crippen LogP contribution is -2.29. The summed E-state index contributed by atoms with van der Waals surface area (Å²) in [5.74, 6) is -3.83. The number of benzene rings is 2. The minimum absolute atomic E-state index is 0.0310. The normalized spacial score (nSPS) is 13.4. The maximum absolute atomic E-state index is 14.1. The van der Waals surface area contributed by atoms with Crippen molar-refractivity contribution < 1.29 is 27.8 Å². The van der Waals surface area contributed by atoms with E-state index in [4.69, 9.17) is 9.47 Å². The molecule has 5 nitrogen and oxygen atoms in total. The molecule has 0 saturated heterocycles. The van der Waals surface area contributed by atoms with Crippen molar-refractivity contribution in [2.24, 2.45) is 0 Å². The number of methoxy groups -OCH3 is 1. The molecule has 0 radical (unpaired) electrons. The number of hydrogen-bond acceptors (Lipinski definition) is 4. The van der Waals surface area contributed by atoms with Gasteiger partial charge in [0.05, 0.1) is 23.4 Å². The van der Waals surface area contributed by atoms with Crippen LogP contribution in [0.1, 0.15) is 20.7 Å². The van der Waals surface area contributed by atoms with Crippen LogP contribution in [0.4, 0.5) is 14.5 Å². The van der Waals surface area contributed by atoms with E-state index < -0.39 is 29.2 Å². The maximum atomic E-state index is 14.1. The summed E-state index contributed by atoms with van der Waals surface area (Å²) in [7, 11) is 1.43. The van der Waals surface area contributed by atoms with Crippen molar-refractivity contribution in [3.05, 3.63) is 59.2 Å². The van der Waals surface area contributed by atoms with Crippen LogP contribution >= 0.6 is 0 Å². The Morgan fingerprint density at radius 2 is 1.50 bits per heavy atom. The molecule has 1 aliphatic heterocycles. The van der Waals surface area contributed by atoms with E-state index >= 15 is 0 Å². The zero-order valence-corrected chi connectivity index (χ0v) is 12.7. The third kappa shape index (κ3) is 2.63. The van der Waals surface area contributed by atoms with Gasteiger partial charge in [-0.1, -0.05) is 12.1 Å². The SMILES string of the molecule is COCCOc1c(F)cc(N2C(=O)c3ccccc3C2=O)cc1F. The summed E-state index contributed by atoms with van der Waals surface area (Å²) in [6, 6.07) is 8.00. The maximum Gasteiger partial charge on any atom is 0.266 e. The minimum atomic E-state index is -1.00. The quantitative estimate of drug-likeness (QED) is 0.624. The first-order valence-corrected chi connectivity index (χ1v) is 7.13. The second-order valence-corrected chi connectivity index (χ2v) is 5.07. The third-order valence-electron chi connectivity index (χ3n) is 3.57. The van der Waals surface area contributed by atoms with E-state index in [0.717, 1.165) is 17.0 Å². The van der Waals surface area contributed by atoms with E-state index in [2.05, 4.69) is 0 Å². The van der Waals surface area contributed by atoms with Gasteiger partial charge in [0.1, 0.15) is 6.61 Å². The lowest BCUT2D eigenvalue weighted by Gasteiger charge is -2.16. The highest BCUT2D eigenvalue weighted by Gasteiger charge is 2.37. The first-order valence-electron chi connectivity index (χ1n) is 7.13. The Kier molecular flexibility index (Phi) is 4.26. The Labute approximate surface area is 136 Å². The number of anilines is 1. The zero-order chi connectivity index (χ0) is 17.3. The minimum Gasteiger partial charge on any atom is -0.485 e. The third-order valence-corrected chi connectivity index (χ3v) is 3.57. The molecule has 0 spiro atoms. The second kappa shape index (κ2) is 6.37. The van der Waals surface area contributed by atoms with Gasteiger partial charge in [-0.3, -0.25) is 9.59 Å². The summed E-state index contributed by atoms with van der Waals surface area (Å²) in [4.78, 5) is 25.4. The number of nitrogens with zero attached hydrogens (tertiary/aromatic N) is 1. The Bertz CT molecular complexity index is 764. The largest absolute Gasteiger partial charge is 0.485 e. The van der Waals surface area contributed by atoms with Gasteiger partial charge in [0, 0.05) is 19.2 Å². The van der Waals surface area contributed by atoms with Crippen LogP contribution in [0.3, 0.4) is 0 Å². The number of ether oxygens (including phenoxy) is 2. The van der Waals surface area contributed by atoms with E-state index in [1.807, 2.05) is 0 Å². The van der Waals surface area contributed by atoms with Crippen LogP contribution in [0.5, 0.6) is 5.75 Å². The number of rotatable bonds is 5. The molecular weight excluding hydrogens is 320 g/mol. The fourth-order valence-electron chi connectivity index (χ4n) is 2.46. The van der Waals surface area contributed by atoms with Crippen LogP contribution in [0.25, 0.3) is 0 Å². The molecule has 0 saturated carbocycles. The predicted octanol–water partition coefficient (Wildman–Crippen LogP) is 2.79. The molecule has 2 amide bonds. The highest BCUT2D eigenvalue weighted by molar-refractivity contribution is 6.34. The van der Waals surface area contributed by atoms with Crippen LogP contribution in [0, 0.1) is 11.6 Å². The lowest BCUT2D eigenvalue weighted by atomic mass is 10.1. The molecule has 2 aromatic rings. The van der Waals surface area contributed by atoms with Crippen molar-refractivity contribution in [2.45, 2.75) is 0 Å². The first-order chi connectivity index (χ1) is 11.5. The van der Waals surface area contributed by atoms with Gasteiger partial charge in [-0.05, 0) is 12.1 Å². The van der Waals surface area contributed by atoms with E-state index in [-0.39, 0.29) is 30.0 Å². The van der Waals surface area contributed by atoms with E-state index in [9.17, 15) is 18.4 Å². The molecular formula is C17H13F2NO4. The molecule has 124 valence electrons. The molecule has 0 atom stereocenters. The molecule has 7 heteroatoms. The molecule has 0 aliphatic carbocycles. The summed E-state index contributed by atoms with van der Waals surface area (Å²) in [6.07, 6.45) is 0. The van der Waals surface area contributed by atoms with E-state index in [1.54, 1.807) is 12.1 Å². The molecule has 0 N–H and O–H groups in total. The highest BCUT2D eigenvalue weighted by Crippen LogP contribution is 2.32. The molecule has 0 aromatic heterocycles. The smallest absolute Gasteiger partial charge is 0.266 e. The molecule has 1 aliphatic rings. The number of carbonyl (C=O) groups is 2. The topological polar surface area (TPSA) is 55.8 Å². The lowest BCUT2D eigenvalue weighted by molar-refractivity contribution is 0.0926. The van der Waals surface area contributed by atoms with Gasteiger partial charge < -0.3 is 9.47 Å². The number of halogens is 2. The van der Waals surface area contributed by atoms with E-state index in [1.165, 1.54) is 19.2 Å². The fraction of sp³-hybridized carbons (Fsp3) is 0.176. The van der Waals surface area contributed by atoms with E-state index in [0.29, 0.717) is 0 Å². The molecule has 0 bridgehead atoms. The van der Waals surface area contributed by atoms with Gasteiger partial charge in [-0.15, -0.1) is 0 Å². The Morgan fingerprint density at radius 3 is 2.00 bits per heavy atom. The fourth-order valence-corrected chi connectivity index (χ4v) is 2.46. The van der Waals surface area contributed by atoms with Crippen molar-refractivity contribution in [3.8, 4) is 5.75 Å². The van der Waals surface area contributed by atoms with Crippen molar-refractivity contribution in [3.63, 3.8) is 0 Å². The predicted molar refractivity (Wildman–Crippen MR) is 81.3 cm³/mol. The molecule has 0 unspecified atom stereocenters. The molecule has 3 rings (SSSR count). The summed E-state index contributed by atoms with van der Waals surface area (Å²) in [5, 5.41) is 0. The number of carbonyl (C=O) groups excluding carboxylic acids is 2. The Balaban J connectivity index is 1.94. The molecule has 0 fully saturated rings. The van der Waals surface area contributed by atoms with Crippen molar-refractivity contribution in [1.29, 1.82) is 0 Å². The van der Waals surface area contributed by atoms with Gasteiger partial charge in [0.25, 0.3) is 11.8 Å². The zero-order valence-electron chi connectivity index (χ0n) is 12.7. The Morgan fingerprint density at radius 1 is 0.958 bits per heavy atom. The summed E-state index contributed by atoms with van der Waals surface area (Å²) in [5.41, 5.74) is 0.211. The van der Waals surface area contributed by atoms with Crippen LogP contribution in [-0.4, -0.2) is 32.1 Å².